The molecule has 2 heteroatoms. The van der Waals surface area contributed by atoms with Crippen LogP contribution in [0, 0.1) is 5.92 Å². The maximum Gasteiger partial charge on any atom is 0.0700 e. The van der Waals surface area contributed by atoms with Crippen molar-refractivity contribution in [3.63, 3.8) is 0 Å². The first-order chi connectivity index (χ1) is 10.3. The molecular weight excluding hydrogens is 260 g/mol. The van der Waals surface area contributed by atoms with E-state index in [1.54, 1.807) is 7.11 Å². The Morgan fingerprint density at radius 1 is 0.667 bits per heavy atom. The van der Waals surface area contributed by atoms with Crippen molar-refractivity contribution >= 4 is 0 Å². The van der Waals surface area contributed by atoms with Crippen LogP contribution in [0.1, 0.15) is 90.9 Å². The molecule has 0 radical (unpaired) electrons. The lowest BCUT2D eigenvalue weighted by Gasteiger charge is -2.17. The first-order valence-corrected chi connectivity index (χ1v) is 9.41. The van der Waals surface area contributed by atoms with Crippen molar-refractivity contribution in [1.29, 1.82) is 0 Å². The van der Waals surface area contributed by atoms with E-state index in [0.29, 0.717) is 0 Å². The topological polar surface area (TPSA) is 18.5 Å². The molecule has 0 aromatic rings. The van der Waals surface area contributed by atoms with Crippen LogP contribution in [0.4, 0.5) is 0 Å². The molecule has 0 aromatic carbocycles. The summed E-state index contributed by atoms with van der Waals surface area (Å²) in [4.78, 5) is 0. The number of hydrogen-bond acceptors (Lipinski definition) is 2. The monoisotopic (exact) mass is 300 g/mol. The molecule has 0 heterocycles. The highest BCUT2D eigenvalue weighted by Gasteiger charge is 2.09. The second kappa shape index (κ2) is 18.0. The highest BCUT2D eigenvalue weighted by Crippen LogP contribution is 2.19. The largest absolute Gasteiger partial charge is 0.382 e. The summed E-state index contributed by atoms with van der Waals surface area (Å²) in [5.41, 5.74) is 0. The van der Waals surface area contributed by atoms with Crippen LogP contribution < -0.4 is 0 Å². The van der Waals surface area contributed by atoms with Gasteiger partial charge in [-0.15, -0.1) is 0 Å². The van der Waals surface area contributed by atoms with Crippen LogP contribution in [-0.4, -0.2) is 26.9 Å². The number of unbranched alkanes of at least 4 members (excludes halogenated alkanes) is 8. The smallest absolute Gasteiger partial charge is 0.0700 e. The van der Waals surface area contributed by atoms with Crippen LogP contribution in [0.5, 0.6) is 0 Å². The summed E-state index contributed by atoms with van der Waals surface area (Å²) in [6.45, 7) is 6.97. The molecule has 1 unspecified atom stereocenters. The molecule has 0 aromatic heterocycles. The Morgan fingerprint density at radius 2 is 1.19 bits per heavy atom. The van der Waals surface area contributed by atoms with Gasteiger partial charge in [0, 0.05) is 13.7 Å². The molecule has 0 fully saturated rings. The van der Waals surface area contributed by atoms with Crippen LogP contribution in [0.15, 0.2) is 0 Å². The van der Waals surface area contributed by atoms with Crippen LogP contribution in [0.2, 0.25) is 0 Å². The lowest BCUT2D eigenvalue weighted by molar-refractivity contribution is 0.0469. The molecule has 0 spiro atoms. The Kier molecular flexibility index (Phi) is 17.9. The van der Waals surface area contributed by atoms with Gasteiger partial charge in [-0.1, -0.05) is 78.1 Å². The molecule has 0 amide bonds. The number of methoxy groups -OCH3 is 1. The van der Waals surface area contributed by atoms with Crippen LogP contribution >= 0.6 is 0 Å². The van der Waals surface area contributed by atoms with Gasteiger partial charge >= 0.3 is 0 Å². The average molecular weight is 301 g/mol. The Morgan fingerprint density at radius 3 is 1.76 bits per heavy atom. The van der Waals surface area contributed by atoms with Gasteiger partial charge in [0.2, 0.25) is 0 Å². The molecule has 0 aliphatic rings. The Bertz CT molecular complexity index is 170. The summed E-state index contributed by atoms with van der Waals surface area (Å²) < 4.78 is 10.8. The fourth-order valence-corrected chi connectivity index (χ4v) is 2.78. The van der Waals surface area contributed by atoms with Crippen molar-refractivity contribution in [1.82, 2.24) is 0 Å². The summed E-state index contributed by atoms with van der Waals surface area (Å²) in [6, 6.07) is 0. The standard InChI is InChI=1S/C19H40O2/c1-4-6-8-10-11-13-15-19(14-12-9-7-5-2)18-21-17-16-20-3/h19H,4-18H2,1-3H3. The normalized spacial score (nSPS) is 12.7. The molecule has 0 rings (SSSR count). The van der Waals surface area contributed by atoms with E-state index < -0.39 is 0 Å². The van der Waals surface area contributed by atoms with E-state index in [-0.39, 0.29) is 0 Å². The third-order valence-corrected chi connectivity index (χ3v) is 4.22. The molecular formula is C19H40O2. The van der Waals surface area contributed by atoms with Crippen LogP contribution in [-0.2, 0) is 9.47 Å². The van der Waals surface area contributed by atoms with E-state index in [2.05, 4.69) is 13.8 Å². The molecule has 21 heavy (non-hydrogen) atoms. The second-order valence-electron chi connectivity index (χ2n) is 6.34. The van der Waals surface area contributed by atoms with Gasteiger partial charge in [-0.2, -0.15) is 0 Å². The Balaban J connectivity index is 3.67. The Labute approximate surface area is 134 Å². The van der Waals surface area contributed by atoms with E-state index in [1.165, 1.54) is 77.0 Å². The molecule has 0 saturated heterocycles. The molecule has 0 aliphatic carbocycles. The summed E-state index contributed by atoms with van der Waals surface area (Å²) in [7, 11) is 1.74. The SMILES string of the molecule is CCCCCCCCC(CCCCCC)COCCOC. The highest BCUT2D eigenvalue weighted by molar-refractivity contribution is 4.60. The van der Waals surface area contributed by atoms with Gasteiger partial charge < -0.3 is 9.47 Å². The minimum atomic E-state index is 0.722. The predicted octanol–water partition coefficient (Wildman–Crippen LogP) is 5.99. The van der Waals surface area contributed by atoms with Crippen molar-refractivity contribution in [3.05, 3.63) is 0 Å². The number of ether oxygens (including phenoxy) is 2. The van der Waals surface area contributed by atoms with Gasteiger partial charge in [0.1, 0.15) is 0 Å². The molecule has 1 atom stereocenters. The third kappa shape index (κ3) is 16.1. The van der Waals surface area contributed by atoms with Gasteiger partial charge in [-0.25, -0.2) is 0 Å². The molecule has 128 valence electrons. The fraction of sp³-hybridized carbons (Fsp3) is 1.00. The van der Waals surface area contributed by atoms with Gasteiger partial charge in [0.05, 0.1) is 13.2 Å². The Hall–Kier alpha value is -0.0800. The molecule has 0 N–H and O–H groups in total. The minimum Gasteiger partial charge on any atom is -0.382 e. The van der Waals surface area contributed by atoms with Crippen LogP contribution in [0.3, 0.4) is 0 Å². The predicted molar refractivity (Wildman–Crippen MR) is 92.9 cm³/mol. The van der Waals surface area contributed by atoms with E-state index in [0.717, 1.165) is 25.7 Å². The summed E-state index contributed by atoms with van der Waals surface area (Å²) in [5, 5.41) is 0. The van der Waals surface area contributed by atoms with Crippen molar-refractivity contribution < 1.29 is 9.47 Å². The lowest BCUT2D eigenvalue weighted by atomic mass is 9.95. The van der Waals surface area contributed by atoms with Gasteiger partial charge in [0.15, 0.2) is 0 Å². The summed E-state index contributed by atoms with van der Waals surface area (Å²) >= 11 is 0. The highest BCUT2D eigenvalue weighted by atomic mass is 16.5. The molecule has 0 saturated carbocycles. The average Bonchev–Trinajstić information content (AvgIpc) is 2.50. The zero-order valence-corrected chi connectivity index (χ0v) is 15.0. The van der Waals surface area contributed by atoms with Crippen molar-refractivity contribution in [2.24, 2.45) is 5.92 Å². The number of hydrogen-bond donors (Lipinski definition) is 0. The van der Waals surface area contributed by atoms with Crippen molar-refractivity contribution in [2.45, 2.75) is 90.9 Å². The molecule has 2 nitrogen and oxygen atoms in total. The lowest BCUT2D eigenvalue weighted by Crippen LogP contribution is -2.13. The van der Waals surface area contributed by atoms with E-state index in [1.807, 2.05) is 0 Å². The van der Waals surface area contributed by atoms with Gasteiger partial charge in [-0.05, 0) is 18.8 Å². The maximum atomic E-state index is 5.76. The first kappa shape index (κ1) is 20.9. The summed E-state index contributed by atoms with van der Waals surface area (Å²) in [6.07, 6.45) is 16.5. The maximum absolute atomic E-state index is 5.76. The van der Waals surface area contributed by atoms with Crippen LogP contribution in [0.25, 0.3) is 0 Å². The fourth-order valence-electron chi connectivity index (χ4n) is 2.78. The second-order valence-corrected chi connectivity index (χ2v) is 6.34. The van der Waals surface area contributed by atoms with Gasteiger partial charge in [0.25, 0.3) is 0 Å². The third-order valence-electron chi connectivity index (χ3n) is 4.22. The quantitative estimate of drug-likeness (QED) is 0.307. The van der Waals surface area contributed by atoms with E-state index in [9.17, 15) is 0 Å². The van der Waals surface area contributed by atoms with E-state index >= 15 is 0 Å². The minimum absolute atomic E-state index is 0.722. The van der Waals surface area contributed by atoms with Crippen molar-refractivity contribution in [3.8, 4) is 0 Å². The molecule has 0 aliphatic heterocycles. The van der Waals surface area contributed by atoms with E-state index in [4.69, 9.17) is 9.47 Å². The first-order valence-electron chi connectivity index (χ1n) is 9.41. The zero-order chi connectivity index (χ0) is 15.6. The van der Waals surface area contributed by atoms with Gasteiger partial charge in [-0.3, -0.25) is 0 Å². The zero-order valence-electron chi connectivity index (χ0n) is 15.0. The summed E-state index contributed by atoms with van der Waals surface area (Å²) in [5.74, 6) is 0.768. The number of rotatable bonds is 17. The molecule has 0 bridgehead atoms. The van der Waals surface area contributed by atoms with Crippen molar-refractivity contribution in [2.75, 3.05) is 26.9 Å².